The monoisotopic (exact) mass is 366 g/mol. The maximum atomic E-state index is 12.3. The van der Waals surface area contributed by atoms with Crippen molar-refractivity contribution in [3.05, 3.63) is 53.6 Å². The number of aryl methyl sites for hydroxylation is 2. The molecule has 0 bridgehead atoms. The molecule has 142 valence electrons. The highest BCUT2D eigenvalue weighted by Crippen LogP contribution is 2.30. The molecule has 0 atom stereocenters. The highest BCUT2D eigenvalue weighted by molar-refractivity contribution is 5.94. The van der Waals surface area contributed by atoms with Crippen LogP contribution in [0.5, 0.6) is 5.75 Å². The number of nitrogens with one attached hydrogen (secondary N) is 2. The number of carbonyl (C=O) groups excluding carboxylic acids is 2. The van der Waals surface area contributed by atoms with Gasteiger partial charge in [-0.25, -0.2) is 0 Å². The van der Waals surface area contributed by atoms with Crippen LogP contribution in [0.2, 0.25) is 0 Å². The normalized spacial score (nSPS) is 13.1. The summed E-state index contributed by atoms with van der Waals surface area (Å²) in [6.07, 6.45) is 3.67. The molecule has 0 aliphatic heterocycles. The molecule has 2 amide bonds. The van der Waals surface area contributed by atoms with Gasteiger partial charge in [0.15, 0.2) is 6.61 Å². The van der Waals surface area contributed by atoms with Gasteiger partial charge >= 0.3 is 0 Å². The molecule has 0 aromatic heterocycles. The number of carbonyl (C=O) groups is 2. The molecule has 2 N–H and O–H groups in total. The molecule has 5 nitrogen and oxygen atoms in total. The van der Waals surface area contributed by atoms with Crippen LogP contribution < -0.4 is 15.4 Å². The summed E-state index contributed by atoms with van der Waals surface area (Å²) in [4.78, 5) is 24.1. The lowest BCUT2D eigenvalue weighted by molar-refractivity contribution is -0.118. The van der Waals surface area contributed by atoms with Crippen molar-refractivity contribution in [2.45, 2.75) is 39.5 Å². The highest BCUT2D eigenvalue weighted by atomic mass is 16.5. The van der Waals surface area contributed by atoms with Crippen LogP contribution in [0.3, 0.4) is 0 Å². The minimum Gasteiger partial charge on any atom is -0.484 e. The fourth-order valence-corrected chi connectivity index (χ4v) is 2.95. The predicted octanol–water partition coefficient (Wildman–Crippen LogP) is 4.18. The van der Waals surface area contributed by atoms with Crippen LogP contribution in [0.1, 0.15) is 37.8 Å². The number of benzene rings is 2. The van der Waals surface area contributed by atoms with Crippen molar-refractivity contribution in [3.63, 3.8) is 0 Å². The minimum atomic E-state index is -0.184. The third-order valence-electron chi connectivity index (χ3n) is 4.70. The number of para-hydroxylation sites is 1. The van der Waals surface area contributed by atoms with Crippen LogP contribution in [-0.4, -0.2) is 18.4 Å². The molecule has 3 rings (SSSR count). The van der Waals surface area contributed by atoms with E-state index in [9.17, 15) is 9.59 Å². The topological polar surface area (TPSA) is 67.4 Å². The second-order valence-electron chi connectivity index (χ2n) is 6.78. The molecule has 1 saturated carbocycles. The predicted molar refractivity (Wildman–Crippen MR) is 107 cm³/mol. The zero-order valence-corrected chi connectivity index (χ0v) is 15.9. The number of rotatable bonds is 8. The average molecular weight is 366 g/mol. The van der Waals surface area contributed by atoms with Gasteiger partial charge in [0.2, 0.25) is 5.91 Å². The lowest BCUT2D eigenvalue weighted by atomic mass is 10.0. The third kappa shape index (κ3) is 5.09. The van der Waals surface area contributed by atoms with E-state index in [4.69, 9.17) is 4.74 Å². The number of ether oxygens (including phenoxy) is 1. The van der Waals surface area contributed by atoms with Crippen molar-refractivity contribution < 1.29 is 14.3 Å². The molecule has 27 heavy (non-hydrogen) atoms. The van der Waals surface area contributed by atoms with E-state index in [-0.39, 0.29) is 24.3 Å². The average Bonchev–Trinajstić information content (AvgIpc) is 3.53. The Hall–Kier alpha value is -2.82. The first-order chi connectivity index (χ1) is 13.1. The van der Waals surface area contributed by atoms with E-state index in [1.165, 1.54) is 0 Å². The first-order valence-corrected chi connectivity index (χ1v) is 9.55. The number of anilines is 2. The van der Waals surface area contributed by atoms with Crippen molar-refractivity contribution in [2.24, 2.45) is 5.92 Å². The standard InChI is InChI=1S/C22H26N2O3/c1-3-15-6-5-7-16(4-2)21(15)24-20(25)14-27-19-12-10-18(11-13-19)23-22(26)17-8-9-17/h5-7,10-13,17H,3-4,8-9,14H2,1-2H3,(H,23,26)(H,24,25). The molecule has 1 fully saturated rings. The Balaban J connectivity index is 1.54. The maximum Gasteiger partial charge on any atom is 0.262 e. The summed E-state index contributed by atoms with van der Waals surface area (Å²) in [6, 6.07) is 13.2. The summed E-state index contributed by atoms with van der Waals surface area (Å²) in [5.74, 6) is 0.652. The van der Waals surface area contributed by atoms with E-state index < -0.39 is 0 Å². The molecule has 0 radical (unpaired) electrons. The molecule has 1 aliphatic rings. The Bertz CT molecular complexity index is 789. The van der Waals surface area contributed by atoms with Crippen LogP contribution in [0.15, 0.2) is 42.5 Å². The number of hydrogen-bond acceptors (Lipinski definition) is 3. The first kappa shape index (κ1) is 19.0. The van der Waals surface area contributed by atoms with E-state index in [0.717, 1.165) is 48.2 Å². The molecule has 2 aromatic carbocycles. The van der Waals surface area contributed by atoms with Gasteiger partial charge in [-0.3, -0.25) is 9.59 Å². The van der Waals surface area contributed by atoms with Crippen molar-refractivity contribution in [3.8, 4) is 5.75 Å². The summed E-state index contributed by atoms with van der Waals surface area (Å²) in [5, 5.41) is 5.87. The van der Waals surface area contributed by atoms with Crippen LogP contribution in [0.4, 0.5) is 11.4 Å². The van der Waals surface area contributed by atoms with E-state index in [2.05, 4.69) is 24.5 Å². The summed E-state index contributed by atoms with van der Waals surface area (Å²) < 4.78 is 5.58. The zero-order valence-electron chi connectivity index (χ0n) is 15.9. The van der Waals surface area contributed by atoms with Crippen molar-refractivity contribution in [2.75, 3.05) is 17.2 Å². The van der Waals surface area contributed by atoms with E-state index in [1.807, 2.05) is 18.2 Å². The Labute approximate surface area is 160 Å². The molecular weight excluding hydrogens is 340 g/mol. The SMILES string of the molecule is CCc1cccc(CC)c1NC(=O)COc1ccc(NC(=O)C2CC2)cc1. The Morgan fingerprint density at radius 3 is 2.15 bits per heavy atom. The molecule has 1 aliphatic carbocycles. The molecule has 0 saturated heterocycles. The van der Waals surface area contributed by atoms with Gasteiger partial charge in [0.1, 0.15) is 5.75 Å². The molecule has 2 aromatic rings. The quantitative estimate of drug-likeness (QED) is 0.736. The van der Waals surface area contributed by atoms with E-state index in [0.29, 0.717) is 5.75 Å². The second kappa shape index (κ2) is 8.71. The van der Waals surface area contributed by atoms with E-state index >= 15 is 0 Å². The van der Waals surface area contributed by atoms with Gasteiger partial charge in [-0.1, -0.05) is 32.0 Å². The first-order valence-electron chi connectivity index (χ1n) is 9.55. The minimum absolute atomic E-state index is 0.0605. The fraction of sp³-hybridized carbons (Fsp3) is 0.364. The van der Waals surface area contributed by atoms with Crippen molar-refractivity contribution in [1.82, 2.24) is 0 Å². The summed E-state index contributed by atoms with van der Waals surface area (Å²) >= 11 is 0. The van der Waals surface area contributed by atoms with Gasteiger partial charge in [0, 0.05) is 17.3 Å². The Morgan fingerprint density at radius 2 is 1.59 bits per heavy atom. The molecular formula is C22H26N2O3. The number of amides is 2. The second-order valence-corrected chi connectivity index (χ2v) is 6.78. The van der Waals surface area contributed by atoms with Crippen molar-refractivity contribution in [1.29, 1.82) is 0 Å². The smallest absolute Gasteiger partial charge is 0.262 e. The third-order valence-corrected chi connectivity index (χ3v) is 4.70. The summed E-state index contributed by atoms with van der Waals surface area (Å²) in [7, 11) is 0. The van der Waals surface area contributed by atoms with Gasteiger partial charge < -0.3 is 15.4 Å². The van der Waals surface area contributed by atoms with Gasteiger partial charge in [-0.2, -0.15) is 0 Å². The maximum absolute atomic E-state index is 12.3. The summed E-state index contributed by atoms with van der Waals surface area (Å²) in [5.41, 5.74) is 3.89. The van der Waals surface area contributed by atoms with Crippen LogP contribution in [-0.2, 0) is 22.4 Å². The molecule has 0 spiro atoms. The van der Waals surface area contributed by atoms with Gasteiger partial charge in [0.25, 0.3) is 5.91 Å². The largest absolute Gasteiger partial charge is 0.484 e. The van der Waals surface area contributed by atoms with Gasteiger partial charge in [0.05, 0.1) is 0 Å². The molecule has 0 unspecified atom stereocenters. The van der Waals surface area contributed by atoms with E-state index in [1.54, 1.807) is 24.3 Å². The van der Waals surface area contributed by atoms with Crippen molar-refractivity contribution >= 4 is 23.2 Å². The zero-order chi connectivity index (χ0) is 19.2. The number of hydrogen-bond donors (Lipinski definition) is 2. The lowest BCUT2D eigenvalue weighted by Crippen LogP contribution is -2.21. The highest BCUT2D eigenvalue weighted by Gasteiger charge is 2.29. The lowest BCUT2D eigenvalue weighted by Gasteiger charge is -2.15. The van der Waals surface area contributed by atoms with Crippen LogP contribution in [0.25, 0.3) is 0 Å². The van der Waals surface area contributed by atoms with Gasteiger partial charge in [-0.05, 0) is 61.1 Å². The Kier molecular flexibility index (Phi) is 6.12. The van der Waals surface area contributed by atoms with Crippen LogP contribution >= 0.6 is 0 Å². The van der Waals surface area contributed by atoms with Gasteiger partial charge in [-0.15, -0.1) is 0 Å². The molecule has 5 heteroatoms. The Morgan fingerprint density at radius 1 is 0.963 bits per heavy atom. The molecule has 0 heterocycles. The van der Waals surface area contributed by atoms with Crippen LogP contribution in [0, 0.1) is 5.92 Å². The fourth-order valence-electron chi connectivity index (χ4n) is 2.95. The summed E-state index contributed by atoms with van der Waals surface area (Å²) in [6.45, 7) is 4.09.